The number of hydrogen-bond donors (Lipinski definition) is 1. The largest absolute Gasteiger partial charge is 0.349 e. The summed E-state index contributed by atoms with van der Waals surface area (Å²) in [4.78, 5) is 2.20. The molecule has 0 amide bonds. The summed E-state index contributed by atoms with van der Waals surface area (Å²) in [5.74, 6) is 0. The second-order valence-corrected chi connectivity index (χ2v) is 5.20. The Morgan fingerprint density at radius 3 is 2.44 bits per heavy atom. The molecule has 0 spiro atoms. The molecule has 0 aromatic heterocycles. The van der Waals surface area contributed by atoms with Crippen molar-refractivity contribution >= 4 is 34.6 Å². The van der Waals surface area contributed by atoms with Crippen LogP contribution in [-0.4, -0.2) is 23.1 Å². The van der Waals surface area contributed by atoms with Gasteiger partial charge in [-0.05, 0) is 49.7 Å². The molecule has 0 radical (unpaired) electrons. The van der Waals surface area contributed by atoms with E-state index in [1.807, 2.05) is 25.1 Å². The Morgan fingerprint density at radius 2 is 1.89 bits per heavy atom. The highest BCUT2D eigenvalue weighted by atomic mass is 35.5. The third-order valence-corrected chi connectivity index (χ3v) is 3.31. The van der Waals surface area contributed by atoms with E-state index in [4.69, 9.17) is 23.8 Å². The number of hydrogen-bond acceptors (Lipinski definition) is 1. The van der Waals surface area contributed by atoms with Crippen LogP contribution in [0.1, 0.15) is 32.3 Å². The number of benzene rings is 1. The molecule has 0 saturated heterocycles. The average Bonchev–Trinajstić information content (AvgIpc) is 2.33. The first-order chi connectivity index (χ1) is 8.58. The van der Waals surface area contributed by atoms with E-state index in [1.165, 1.54) is 0 Å². The maximum absolute atomic E-state index is 6.01. The quantitative estimate of drug-likeness (QED) is 0.803. The third kappa shape index (κ3) is 4.46. The van der Waals surface area contributed by atoms with Crippen molar-refractivity contribution in [3.8, 4) is 0 Å². The molecule has 0 aliphatic heterocycles. The molecule has 1 N–H and O–H groups in total. The Balaban J connectivity index is 2.75. The van der Waals surface area contributed by atoms with Gasteiger partial charge in [-0.15, -0.1) is 0 Å². The van der Waals surface area contributed by atoms with Crippen LogP contribution in [0.4, 0.5) is 5.69 Å². The second-order valence-electron chi connectivity index (χ2n) is 4.38. The standard InChI is InChI=1S/C14H21ClN2S/c1-4-8-17(9-5-2)14(18)16-13-10-12(15)7-6-11(13)3/h6-7,10H,4-5,8-9H2,1-3H3,(H,16,18). The second kappa shape index (κ2) is 7.59. The molecule has 0 aliphatic carbocycles. The number of halogens is 1. The third-order valence-electron chi connectivity index (χ3n) is 2.72. The monoisotopic (exact) mass is 284 g/mol. The number of rotatable bonds is 5. The molecule has 1 aromatic rings. The number of thiocarbonyl (C=S) groups is 1. The minimum atomic E-state index is 0.725. The molecule has 2 nitrogen and oxygen atoms in total. The fraction of sp³-hybridized carbons (Fsp3) is 0.500. The van der Waals surface area contributed by atoms with Crippen molar-refractivity contribution in [3.05, 3.63) is 28.8 Å². The zero-order valence-corrected chi connectivity index (χ0v) is 12.9. The molecule has 0 bridgehead atoms. The zero-order valence-electron chi connectivity index (χ0n) is 11.3. The normalized spacial score (nSPS) is 10.2. The predicted molar refractivity (Wildman–Crippen MR) is 84.6 cm³/mol. The lowest BCUT2D eigenvalue weighted by Crippen LogP contribution is -2.36. The first kappa shape index (κ1) is 15.3. The summed E-state index contributed by atoms with van der Waals surface area (Å²) >= 11 is 11.5. The Kier molecular flexibility index (Phi) is 6.44. The summed E-state index contributed by atoms with van der Waals surface area (Å²) in [5.41, 5.74) is 2.14. The van der Waals surface area contributed by atoms with Crippen molar-refractivity contribution in [1.82, 2.24) is 4.90 Å². The van der Waals surface area contributed by atoms with Crippen molar-refractivity contribution < 1.29 is 0 Å². The van der Waals surface area contributed by atoms with E-state index in [0.29, 0.717) is 0 Å². The molecular weight excluding hydrogens is 264 g/mol. The van der Waals surface area contributed by atoms with Crippen LogP contribution in [0.25, 0.3) is 0 Å². The topological polar surface area (TPSA) is 15.3 Å². The van der Waals surface area contributed by atoms with Crippen LogP contribution in [0.2, 0.25) is 5.02 Å². The van der Waals surface area contributed by atoms with Crippen LogP contribution in [0.15, 0.2) is 18.2 Å². The summed E-state index contributed by atoms with van der Waals surface area (Å²) in [5, 5.41) is 4.80. The molecule has 1 rings (SSSR count). The van der Waals surface area contributed by atoms with Gasteiger partial charge in [0.05, 0.1) is 0 Å². The molecule has 1 aromatic carbocycles. The maximum Gasteiger partial charge on any atom is 0.173 e. The summed E-state index contributed by atoms with van der Waals surface area (Å²) < 4.78 is 0. The summed E-state index contributed by atoms with van der Waals surface area (Å²) in [6.07, 6.45) is 2.19. The minimum Gasteiger partial charge on any atom is -0.349 e. The van der Waals surface area contributed by atoms with E-state index in [2.05, 4.69) is 24.1 Å². The smallest absolute Gasteiger partial charge is 0.173 e. The van der Waals surface area contributed by atoms with Crippen LogP contribution in [0, 0.1) is 6.92 Å². The van der Waals surface area contributed by atoms with Gasteiger partial charge in [0.1, 0.15) is 0 Å². The molecule has 0 unspecified atom stereocenters. The van der Waals surface area contributed by atoms with Crippen LogP contribution in [0.3, 0.4) is 0 Å². The van der Waals surface area contributed by atoms with E-state index < -0.39 is 0 Å². The highest BCUT2D eigenvalue weighted by Gasteiger charge is 2.09. The highest BCUT2D eigenvalue weighted by molar-refractivity contribution is 7.80. The number of anilines is 1. The van der Waals surface area contributed by atoms with Crippen molar-refractivity contribution in [2.45, 2.75) is 33.6 Å². The van der Waals surface area contributed by atoms with Gasteiger partial charge in [0.25, 0.3) is 0 Å². The van der Waals surface area contributed by atoms with E-state index in [0.717, 1.165) is 47.3 Å². The molecule has 100 valence electrons. The van der Waals surface area contributed by atoms with Gasteiger partial charge >= 0.3 is 0 Å². The SMILES string of the molecule is CCCN(CCC)C(=S)Nc1cc(Cl)ccc1C. The number of aryl methyl sites for hydroxylation is 1. The fourth-order valence-corrected chi connectivity index (χ4v) is 2.24. The summed E-state index contributed by atoms with van der Waals surface area (Å²) in [6, 6.07) is 5.80. The van der Waals surface area contributed by atoms with Gasteiger partial charge in [-0.25, -0.2) is 0 Å². The van der Waals surface area contributed by atoms with Gasteiger partial charge in [-0.3, -0.25) is 0 Å². The lowest BCUT2D eigenvalue weighted by Gasteiger charge is -2.25. The fourth-order valence-electron chi connectivity index (χ4n) is 1.78. The van der Waals surface area contributed by atoms with Gasteiger partial charge in [-0.1, -0.05) is 31.5 Å². The molecule has 0 aliphatic rings. The van der Waals surface area contributed by atoms with Gasteiger partial charge in [0, 0.05) is 23.8 Å². The van der Waals surface area contributed by atoms with Gasteiger partial charge < -0.3 is 10.2 Å². The molecule has 0 saturated carbocycles. The van der Waals surface area contributed by atoms with Crippen molar-refractivity contribution in [3.63, 3.8) is 0 Å². The molecule has 0 fully saturated rings. The van der Waals surface area contributed by atoms with Gasteiger partial charge in [0.15, 0.2) is 5.11 Å². The first-order valence-corrected chi connectivity index (χ1v) is 7.19. The Labute approximate surface area is 120 Å². The molecular formula is C14H21ClN2S. The zero-order chi connectivity index (χ0) is 13.5. The molecule has 4 heteroatoms. The predicted octanol–water partition coefficient (Wildman–Crippen LogP) is 4.47. The van der Waals surface area contributed by atoms with E-state index >= 15 is 0 Å². The first-order valence-electron chi connectivity index (χ1n) is 6.40. The van der Waals surface area contributed by atoms with E-state index in [9.17, 15) is 0 Å². The van der Waals surface area contributed by atoms with Gasteiger partial charge in [-0.2, -0.15) is 0 Å². The lowest BCUT2D eigenvalue weighted by molar-refractivity contribution is 0.423. The Hall–Kier alpha value is -0.800. The lowest BCUT2D eigenvalue weighted by atomic mass is 10.2. The average molecular weight is 285 g/mol. The van der Waals surface area contributed by atoms with Gasteiger partial charge in [0.2, 0.25) is 0 Å². The van der Waals surface area contributed by atoms with Crippen molar-refractivity contribution in [1.29, 1.82) is 0 Å². The molecule has 18 heavy (non-hydrogen) atoms. The summed E-state index contributed by atoms with van der Waals surface area (Å²) in [7, 11) is 0. The van der Waals surface area contributed by atoms with E-state index in [1.54, 1.807) is 0 Å². The summed E-state index contributed by atoms with van der Waals surface area (Å²) in [6.45, 7) is 8.34. The van der Waals surface area contributed by atoms with Crippen LogP contribution >= 0.6 is 23.8 Å². The maximum atomic E-state index is 6.01. The van der Waals surface area contributed by atoms with Crippen molar-refractivity contribution in [2.75, 3.05) is 18.4 Å². The molecule has 0 heterocycles. The number of nitrogens with zero attached hydrogens (tertiary/aromatic N) is 1. The minimum absolute atomic E-state index is 0.725. The Morgan fingerprint density at radius 1 is 1.28 bits per heavy atom. The van der Waals surface area contributed by atoms with E-state index in [-0.39, 0.29) is 0 Å². The highest BCUT2D eigenvalue weighted by Crippen LogP contribution is 2.20. The van der Waals surface area contributed by atoms with Crippen LogP contribution < -0.4 is 5.32 Å². The number of nitrogens with one attached hydrogen (secondary N) is 1. The Bertz CT molecular complexity index is 401. The molecule has 0 atom stereocenters. The van der Waals surface area contributed by atoms with Crippen LogP contribution in [0.5, 0.6) is 0 Å². The van der Waals surface area contributed by atoms with Crippen LogP contribution in [-0.2, 0) is 0 Å². The van der Waals surface area contributed by atoms with Crippen molar-refractivity contribution in [2.24, 2.45) is 0 Å².